The number of ether oxygens (including phenoxy) is 4. The van der Waals surface area contributed by atoms with Crippen LogP contribution in [-0.4, -0.2) is 112 Å². The molecule has 4 aromatic carbocycles. The smallest absolute Gasteiger partial charge is 0.462 e. The summed E-state index contributed by atoms with van der Waals surface area (Å²) in [6, 6.07) is 36.7. The Kier molecular flexibility index (Phi) is 21.1. The maximum atomic E-state index is 12.5. The van der Waals surface area contributed by atoms with Gasteiger partial charge < -0.3 is 38.1 Å². The number of aromatic nitrogens is 4. The highest BCUT2D eigenvalue weighted by Crippen LogP contribution is 2.48. The number of carbonyl (C=O) groups is 4. The van der Waals surface area contributed by atoms with E-state index in [2.05, 4.69) is 84.4 Å². The Morgan fingerprint density at radius 3 is 1.42 bits per heavy atom. The van der Waals surface area contributed by atoms with Gasteiger partial charge in [0.1, 0.15) is 24.9 Å². The SMILES string of the molecule is CC1(C)OB(C2=CCN(C(=O)OCc3ccccc3)CC2)OC1(C)C.CCOC(=O)c1cnc(CC2(c3cccc(Br)c3)CCC2)nc1.CCOC(=O)c1cnc(CC2(c3cccc(C4=CCN(C(=O)OCc5ccccc5)CC4)c3)CCC2)nc1. The van der Waals surface area contributed by atoms with Crippen LogP contribution in [0.4, 0.5) is 9.59 Å². The van der Waals surface area contributed by atoms with Crippen molar-refractivity contribution in [2.24, 2.45) is 0 Å². The van der Waals surface area contributed by atoms with Gasteiger partial charge in [-0.05, 0) is 131 Å². The molecule has 6 aromatic rings. The minimum Gasteiger partial charge on any atom is -0.462 e. The number of rotatable bonds is 16. The van der Waals surface area contributed by atoms with E-state index >= 15 is 0 Å². The molecule has 0 spiro atoms. The van der Waals surface area contributed by atoms with Crippen LogP contribution in [0.15, 0.2) is 156 Å². The van der Waals surface area contributed by atoms with Crippen molar-refractivity contribution in [3.63, 3.8) is 0 Å². The molecule has 0 N–H and O–H groups in total. The summed E-state index contributed by atoms with van der Waals surface area (Å²) in [7, 11) is -0.326. The second kappa shape index (κ2) is 28.8. The summed E-state index contributed by atoms with van der Waals surface area (Å²) in [4.78, 5) is 69.5. The van der Waals surface area contributed by atoms with Crippen LogP contribution in [0, 0.1) is 0 Å². The maximum absolute atomic E-state index is 12.5. The summed E-state index contributed by atoms with van der Waals surface area (Å²) in [5.74, 6) is 0.751. The van der Waals surface area contributed by atoms with Crippen molar-refractivity contribution in [2.75, 3.05) is 39.4 Å². The van der Waals surface area contributed by atoms with E-state index in [0.29, 0.717) is 57.1 Å². The van der Waals surface area contributed by atoms with Crippen LogP contribution >= 0.6 is 15.9 Å². The molecule has 18 heteroatoms. The Labute approximate surface area is 514 Å². The van der Waals surface area contributed by atoms with Crippen LogP contribution in [0.5, 0.6) is 0 Å². The zero-order valence-electron chi connectivity index (χ0n) is 50.3. The van der Waals surface area contributed by atoms with E-state index in [0.717, 1.165) is 84.1 Å². The lowest BCUT2D eigenvalue weighted by Crippen LogP contribution is -2.41. The van der Waals surface area contributed by atoms with Crippen molar-refractivity contribution in [3.05, 3.63) is 207 Å². The highest BCUT2D eigenvalue weighted by molar-refractivity contribution is 9.10. The average molecular weight is 1230 g/mol. The highest BCUT2D eigenvalue weighted by atomic mass is 79.9. The molecule has 86 heavy (non-hydrogen) atoms. The molecule has 5 heterocycles. The van der Waals surface area contributed by atoms with Gasteiger partial charge in [-0.3, -0.25) is 0 Å². The molecule has 2 aromatic heterocycles. The van der Waals surface area contributed by atoms with Gasteiger partial charge in [-0.2, -0.15) is 0 Å². The molecule has 2 saturated carbocycles. The van der Waals surface area contributed by atoms with E-state index in [1.165, 1.54) is 35.1 Å². The summed E-state index contributed by atoms with van der Waals surface area (Å²) in [5.41, 5.74) is 8.37. The van der Waals surface area contributed by atoms with Crippen molar-refractivity contribution in [1.29, 1.82) is 0 Å². The number of hydrogen-bond donors (Lipinski definition) is 0. The maximum Gasteiger partial charge on any atom is 0.490 e. The average Bonchev–Trinajstić information content (AvgIpc) is 1.68. The molecule has 3 aliphatic heterocycles. The molecular formula is C68H78BBrN6O10. The van der Waals surface area contributed by atoms with Crippen LogP contribution in [0.2, 0.25) is 0 Å². The van der Waals surface area contributed by atoms with E-state index in [1.54, 1.807) is 48.4 Å². The van der Waals surface area contributed by atoms with Crippen LogP contribution in [0.1, 0.15) is 153 Å². The second-order valence-electron chi connectivity index (χ2n) is 23.5. The molecule has 5 aliphatic rings. The van der Waals surface area contributed by atoms with Crippen LogP contribution in [0.3, 0.4) is 0 Å². The number of benzene rings is 4. The largest absolute Gasteiger partial charge is 0.490 e. The molecule has 3 fully saturated rings. The van der Waals surface area contributed by atoms with Crippen molar-refractivity contribution in [2.45, 2.75) is 141 Å². The monoisotopic (exact) mass is 1230 g/mol. The normalized spacial score (nSPS) is 17.7. The molecule has 450 valence electrons. The number of carbonyl (C=O) groups excluding carboxylic acids is 4. The summed E-state index contributed by atoms with van der Waals surface area (Å²) < 4.78 is 34.1. The molecule has 2 aliphatic carbocycles. The van der Waals surface area contributed by atoms with Gasteiger partial charge in [-0.15, -0.1) is 0 Å². The quantitative estimate of drug-likeness (QED) is 0.0507. The first-order valence-electron chi connectivity index (χ1n) is 30.0. The molecule has 11 rings (SSSR count). The summed E-state index contributed by atoms with van der Waals surface area (Å²) in [6.07, 6.45) is 19.8. The lowest BCUT2D eigenvalue weighted by atomic mass is 9.62. The Balaban J connectivity index is 0.000000161. The number of hydrogen-bond acceptors (Lipinski definition) is 14. The van der Waals surface area contributed by atoms with Gasteiger partial charge >= 0.3 is 31.2 Å². The lowest BCUT2D eigenvalue weighted by Gasteiger charge is -2.42. The molecular weight excluding hydrogens is 1150 g/mol. The lowest BCUT2D eigenvalue weighted by molar-refractivity contribution is 0.00578. The number of esters is 2. The summed E-state index contributed by atoms with van der Waals surface area (Å²) in [6.45, 7) is 15.3. The third-order valence-electron chi connectivity index (χ3n) is 17.3. The minimum absolute atomic E-state index is 0.00393. The zero-order chi connectivity index (χ0) is 60.7. The van der Waals surface area contributed by atoms with Crippen LogP contribution in [0.25, 0.3) is 5.57 Å². The summed E-state index contributed by atoms with van der Waals surface area (Å²) >= 11 is 3.55. The molecule has 16 nitrogen and oxygen atoms in total. The first-order valence-corrected chi connectivity index (χ1v) is 30.7. The number of nitrogens with zero attached hydrogens (tertiary/aromatic N) is 6. The fraction of sp³-hybridized carbons (Fsp3) is 0.412. The Morgan fingerprint density at radius 2 is 1.01 bits per heavy atom. The van der Waals surface area contributed by atoms with E-state index in [-0.39, 0.29) is 53.9 Å². The highest BCUT2D eigenvalue weighted by Gasteiger charge is 2.52. The van der Waals surface area contributed by atoms with Gasteiger partial charge in [0.05, 0.1) is 35.5 Å². The number of halogens is 1. The molecule has 0 radical (unpaired) electrons. The first kappa shape index (κ1) is 63.0. The van der Waals surface area contributed by atoms with Crippen LogP contribution in [-0.2, 0) is 65.1 Å². The zero-order valence-corrected chi connectivity index (χ0v) is 51.9. The van der Waals surface area contributed by atoms with Gasteiger partial charge in [0.15, 0.2) is 0 Å². The third-order valence-corrected chi connectivity index (χ3v) is 17.8. The Bertz CT molecular complexity index is 3320. The molecule has 1 saturated heterocycles. The van der Waals surface area contributed by atoms with E-state index in [4.69, 9.17) is 28.3 Å². The van der Waals surface area contributed by atoms with Gasteiger partial charge in [-0.25, -0.2) is 39.1 Å². The Hall–Kier alpha value is -7.54. The van der Waals surface area contributed by atoms with E-state index in [1.807, 2.05) is 101 Å². The van der Waals surface area contributed by atoms with Gasteiger partial charge in [-0.1, -0.05) is 138 Å². The van der Waals surface area contributed by atoms with E-state index < -0.39 is 5.97 Å². The molecule has 2 amide bonds. The van der Waals surface area contributed by atoms with E-state index in [9.17, 15) is 19.2 Å². The van der Waals surface area contributed by atoms with Crippen molar-refractivity contribution >= 4 is 52.7 Å². The molecule has 0 bridgehead atoms. The minimum atomic E-state index is -0.395. The molecule has 0 atom stereocenters. The van der Waals surface area contributed by atoms with Gasteiger partial charge in [0, 0.05) is 79.1 Å². The third kappa shape index (κ3) is 15.9. The molecule has 0 unspecified atom stereocenters. The standard InChI is InChI=1S/C31H33N3O4.C19H26BNO4.C18H19BrN2O2/c1-2-37-29(35)26-20-32-28(33-21-26)19-31(14-7-15-31)27-11-6-10-25(18-27)24-12-16-34(17-13-24)30(36)38-22-23-8-4-3-5-9-23;1-18(2)19(3,4)25-20(24-18)16-10-12-21(13-11-16)17(22)23-14-15-8-6-5-7-9-15;1-2-23-17(22)13-11-20-16(21-12-13)10-18(7-4-8-18)14-5-3-6-15(19)9-14/h3-6,8-12,18,20-21H,2,7,13-17,19,22H2,1H3;5-10H,11-14H2,1-4H3;3,5-6,9,11-12H,2,4,7-8,10H2,1H3. The van der Waals surface area contributed by atoms with Crippen molar-refractivity contribution in [1.82, 2.24) is 29.7 Å². The summed E-state index contributed by atoms with van der Waals surface area (Å²) in [5, 5.41) is 0. The first-order chi connectivity index (χ1) is 41.5. The fourth-order valence-electron chi connectivity index (χ4n) is 11.1. The van der Waals surface area contributed by atoms with Gasteiger partial charge in [0.25, 0.3) is 0 Å². The Morgan fingerprint density at radius 1 is 0.558 bits per heavy atom. The van der Waals surface area contributed by atoms with Crippen LogP contribution < -0.4 is 0 Å². The second-order valence-corrected chi connectivity index (χ2v) is 24.4. The predicted molar refractivity (Wildman–Crippen MR) is 333 cm³/mol. The fourth-order valence-corrected chi connectivity index (χ4v) is 11.5. The van der Waals surface area contributed by atoms with Crippen molar-refractivity contribution in [3.8, 4) is 0 Å². The predicted octanol–water partition coefficient (Wildman–Crippen LogP) is 13.4. The topological polar surface area (TPSA) is 182 Å². The number of amides is 2. The van der Waals surface area contributed by atoms with Crippen molar-refractivity contribution < 1.29 is 47.4 Å². The van der Waals surface area contributed by atoms with Gasteiger partial charge in [0.2, 0.25) is 0 Å².